The van der Waals surface area contributed by atoms with Crippen LogP contribution in [-0.2, 0) is 14.3 Å². The van der Waals surface area contributed by atoms with Crippen LogP contribution in [0, 0.1) is 5.41 Å². The quantitative estimate of drug-likeness (QED) is 0.797. The number of ether oxygens (including phenoxy) is 1. The number of rotatable bonds is 3. The Hall–Kier alpha value is -1.14. The van der Waals surface area contributed by atoms with Gasteiger partial charge in [0.05, 0.1) is 18.3 Å². The van der Waals surface area contributed by atoms with Gasteiger partial charge in [-0.15, -0.1) is 0 Å². The minimum atomic E-state index is -0.593. The zero-order valence-electron chi connectivity index (χ0n) is 13.9. The van der Waals surface area contributed by atoms with Gasteiger partial charge in [0.15, 0.2) is 0 Å². The minimum Gasteiger partial charge on any atom is -0.394 e. The number of hydrogen-bond donors (Lipinski definition) is 2. The molecular formula is C15H28N2O4. The molecule has 0 radical (unpaired) electrons. The normalized spacial score (nSPS) is 23.6. The Morgan fingerprint density at radius 3 is 2.48 bits per heavy atom. The van der Waals surface area contributed by atoms with Crippen molar-refractivity contribution in [3.05, 3.63) is 0 Å². The van der Waals surface area contributed by atoms with E-state index in [0.29, 0.717) is 13.1 Å². The Balaban J connectivity index is 2.71. The van der Waals surface area contributed by atoms with E-state index in [0.717, 1.165) is 0 Å². The molecule has 1 heterocycles. The number of aliphatic hydroxyl groups excluding tert-OH is 1. The van der Waals surface area contributed by atoms with E-state index in [1.165, 1.54) is 0 Å². The molecule has 1 aliphatic heterocycles. The molecule has 0 aromatic rings. The minimum absolute atomic E-state index is 0.129. The summed E-state index contributed by atoms with van der Waals surface area (Å²) in [5.74, 6) is -0.308. The van der Waals surface area contributed by atoms with Crippen LogP contribution in [0.15, 0.2) is 0 Å². The molecule has 21 heavy (non-hydrogen) atoms. The molecule has 1 aliphatic rings. The van der Waals surface area contributed by atoms with Gasteiger partial charge in [-0.1, -0.05) is 20.8 Å². The first-order valence-corrected chi connectivity index (χ1v) is 7.35. The molecule has 2 N–H and O–H groups in total. The largest absolute Gasteiger partial charge is 0.394 e. The first-order chi connectivity index (χ1) is 9.46. The van der Waals surface area contributed by atoms with Gasteiger partial charge in [-0.25, -0.2) is 0 Å². The number of morpholine rings is 1. The molecule has 1 rings (SSSR count). The second kappa shape index (κ2) is 6.32. The van der Waals surface area contributed by atoms with E-state index < -0.39 is 17.1 Å². The highest BCUT2D eigenvalue weighted by Gasteiger charge is 2.37. The third-order valence-corrected chi connectivity index (χ3v) is 3.40. The Bertz CT molecular complexity index is 401. The standard InChI is InChI=1S/C15H28N2O4/c1-10(16-13(20)14(2,3)4)12(19)17-7-11(8-18)21-15(5,6)9-17/h10-11,18H,7-9H2,1-6H3,(H,16,20). The molecule has 2 atom stereocenters. The highest BCUT2D eigenvalue weighted by molar-refractivity contribution is 5.89. The Kier molecular flexibility index (Phi) is 5.39. The second-order valence-electron chi connectivity index (χ2n) is 7.35. The fraction of sp³-hybridized carbons (Fsp3) is 0.867. The zero-order valence-corrected chi connectivity index (χ0v) is 13.9. The number of hydrogen-bond acceptors (Lipinski definition) is 4. The highest BCUT2D eigenvalue weighted by atomic mass is 16.5. The van der Waals surface area contributed by atoms with Crippen LogP contribution in [0.5, 0.6) is 0 Å². The summed E-state index contributed by atoms with van der Waals surface area (Å²) in [6.07, 6.45) is -0.386. The number of carbonyl (C=O) groups excluding carboxylic acids is 2. The fourth-order valence-corrected chi connectivity index (χ4v) is 2.31. The lowest BCUT2D eigenvalue weighted by molar-refractivity contribution is -0.168. The van der Waals surface area contributed by atoms with Crippen LogP contribution in [0.1, 0.15) is 41.5 Å². The first-order valence-electron chi connectivity index (χ1n) is 7.35. The van der Waals surface area contributed by atoms with Crippen molar-refractivity contribution in [1.29, 1.82) is 0 Å². The van der Waals surface area contributed by atoms with E-state index >= 15 is 0 Å². The molecule has 0 aromatic carbocycles. The summed E-state index contributed by atoms with van der Waals surface area (Å²) in [6, 6.07) is -0.593. The summed E-state index contributed by atoms with van der Waals surface area (Å²) in [5.41, 5.74) is -1.04. The van der Waals surface area contributed by atoms with Crippen LogP contribution in [0.25, 0.3) is 0 Å². The predicted molar refractivity (Wildman–Crippen MR) is 79.7 cm³/mol. The Labute approximate surface area is 126 Å². The molecule has 0 spiro atoms. The maximum absolute atomic E-state index is 12.5. The number of aliphatic hydroxyl groups is 1. The fourth-order valence-electron chi connectivity index (χ4n) is 2.31. The predicted octanol–water partition coefficient (Wildman–Crippen LogP) is 0.536. The summed E-state index contributed by atoms with van der Waals surface area (Å²) < 4.78 is 5.69. The van der Waals surface area contributed by atoms with Gasteiger partial charge in [-0.3, -0.25) is 9.59 Å². The van der Waals surface area contributed by atoms with Crippen molar-refractivity contribution < 1.29 is 19.4 Å². The van der Waals surface area contributed by atoms with Crippen molar-refractivity contribution in [2.45, 2.75) is 59.3 Å². The van der Waals surface area contributed by atoms with Gasteiger partial charge in [0, 0.05) is 18.5 Å². The monoisotopic (exact) mass is 300 g/mol. The van der Waals surface area contributed by atoms with Crippen LogP contribution in [-0.4, -0.2) is 59.3 Å². The molecule has 1 fully saturated rings. The van der Waals surface area contributed by atoms with Crippen LogP contribution < -0.4 is 5.32 Å². The Morgan fingerprint density at radius 1 is 1.43 bits per heavy atom. The number of amides is 2. The van der Waals surface area contributed by atoms with Crippen molar-refractivity contribution >= 4 is 11.8 Å². The summed E-state index contributed by atoms with van der Waals surface area (Å²) >= 11 is 0. The van der Waals surface area contributed by atoms with Crippen LogP contribution in [0.2, 0.25) is 0 Å². The van der Waals surface area contributed by atoms with Gasteiger partial charge in [-0.2, -0.15) is 0 Å². The average molecular weight is 300 g/mol. The van der Waals surface area contributed by atoms with Gasteiger partial charge in [0.1, 0.15) is 6.04 Å². The van der Waals surface area contributed by atoms with Crippen LogP contribution in [0.4, 0.5) is 0 Å². The third kappa shape index (κ3) is 4.97. The van der Waals surface area contributed by atoms with Gasteiger partial charge in [0.2, 0.25) is 11.8 Å². The summed E-state index contributed by atoms with van der Waals surface area (Å²) in [4.78, 5) is 26.1. The smallest absolute Gasteiger partial charge is 0.245 e. The van der Waals surface area contributed by atoms with Crippen LogP contribution >= 0.6 is 0 Å². The number of nitrogens with one attached hydrogen (secondary N) is 1. The molecule has 2 amide bonds. The summed E-state index contributed by atoms with van der Waals surface area (Å²) in [7, 11) is 0. The van der Waals surface area contributed by atoms with Crippen molar-refractivity contribution in [3.8, 4) is 0 Å². The van der Waals surface area contributed by atoms with Crippen molar-refractivity contribution in [2.24, 2.45) is 5.41 Å². The van der Waals surface area contributed by atoms with E-state index in [-0.39, 0.29) is 24.5 Å². The van der Waals surface area contributed by atoms with Gasteiger partial charge < -0.3 is 20.1 Å². The van der Waals surface area contributed by atoms with Crippen molar-refractivity contribution in [2.75, 3.05) is 19.7 Å². The maximum atomic E-state index is 12.5. The zero-order chi connectivity index (χ0) is 16.4. The third-order valence-electron chi connectivity index (χ3n) is 3.40. The van der Waals surface area contributed by atoms with Crippen molar-refractivity contribution in [1.82, 2.24) is 10.2 Å². The molecule has 6 nitrogen and oxygen atoms in total. The second-order valence-corrected chi connectivity index (χ2v) is 7.35. The van der Waals surface area contributed by atoms with Gasteiger partial charge >= 0.3 is 0 Å². The first kappa shape index (κ1) is 17.9. The lowest BCUT2D eigenvalue weighted by Crippen LogP contribution is -2.59. The highest BCUT2D eigenvalue weighted by Crippen LogP contribution is 2.21. The van der Waals surface area contributed by atoms with E-state index in [1.54, 1.807) is 32.6 Å². The number of nitrogens with zero attached hydrogens (tertiary/aromatic N) is 1. The summed E-state index contributed by atoms with van der Waals surface area (Å²) in [5, 5.41) is 12.0. The topological polar surface area (TPSA) is 78.9 Å². The van der Waals surface area contributed by atoms with E-state index in [4.69, 9.17) is 4.74 Å². The molecule has 2 unspecified atom stereocenters. The van der Waals surface area contributed by atoms with E-state index in [1.807, 2.05) is 13.8 Å². The van der Waals surface area contributed by atoms with Gasteiger partial charge in [-0.05, 0) is 20.8 Å². The molecule has 0 bridgehead atoms. The van der Waals surface area contributed by atoms with Crippen LogP contribution in [0.3, 0.4) is 0 Å². The molecular weight excluding hydrogens is 272 g/mol. The van der Waals surface area contributed by atoms with E-state index in [9.17, 15) is 14.7 Å². The lowest BCUT2D eigenvalue weighted by Gasteiger charge is -2.43. The Morgan fingerprint density at radius 2 is 2.00 bits per heavy atom. The molecule has 122 valence electrons. The SMILES string of the molecule is CC(NC(=O)C(C)(C)C)C(=O)N1CC(CO)OC(C)(C)C1. The lowest BCUT2D eigenvalue weighted by atomic mass is 9.95. The number of carbonyl (C=O) groups is 2. The van der Waals surface area contributed by atoms with E-state index in [2.05, 4.69) is 5.32 Å². The maximum Gasteiger partial charge on any atom is 0.245 e. The molecule has 0 aliphatic carbocycles. The average Bonchev–Trinajstić information content (AvgIpc) is 2.34. The van der Waals surface area contributed by atoms with Crippen molar-refractivity contribution in [3.63, 3.8) is 0 Å². The molecule has 1 saturated heterocycles. The molecule has 6 heteroatoms. The molecule has 0 saturated carbocycles. The molecule has 0 aromatic heterocycles. The van der Waals surface area contributed by atoms with Gasteiger partial charge in [0.25, 0.3) is 0 Å². The summed E-state index contributed by atoms with van der Waals surface area (Å²) in [6.45, 7) is 11.5.